The van der Waals surface area contributed by atoms with Crippen molar-refractivity contribution in [2.45, 2.75) is 56.0 Å². The zero-order valence-corrected chi connectivity index (χ0v) is 22.9. The van der Waals surface area contributed by atoms with Gasteiger partial charge in [-0.05, 0) is 55.2 Å². The lowest BCUT2D eigenvalue weighted by Gasteiger charge is -2.43. The van der Waals surface area contributed by atoms with Crippen LogP contribution in [0.15, 0.2) is 42.5 Å². The van der Waals surface area contributed by atoms with Gasteiger partial charge in [0.25, 0.3) is 5.91 Å². The Morgan fingerprint density at radius 3 is 1.77 bits per heavy atom. The molecule has 0 aromatic heterocycles. The molecule has 3 aliphatic heterocycles. The van der Waals surface area contributed by atoms with Crippen molar-refractivity contribution in [1.82, 2.24) is 14.7 Å². The van der Waals surface area contributed by atoms with Gasteiger partial charge < -0.3 is 9.64 Å². The van der Waals surface area contributed by atoms with E-state index in [2.05, 4.69) is 9.80 Å². The molecule has 1 amide bonds. The maximum atomic E-state index is 13.5. The summed E-state index contributed by atoms with van der Waals surface area (Å²) in [7, 11) is 0. The van der Waals surface area contributed by atoms with E-state index in [0.29, 0.717) is 37.3 Å². The number of amides is 1. The number of piperazine rings is 1. The first kappa shape index (κ1) is 31.6. The Morgan fingerprint density at radius 2 is 1.23 bits per heavy atom. The van der Waals surface area contributed by atoms with Gasteiger partial charge in [-0.25, -0.2) is 0 Å². The zero-order valence-electron chi connectivity index (χ0n) is 22.9. The van der Waals surface area contributed by atoms with Crippen molar-refractivity contribution in [3.8, 4) is 0 Å². The highest BCUT2D eigenvalue weighted by Gasteiger charge is 2.40. The van der Waals surface area contributed by atoms with Crippen LogP contribution in [0.2, 0.25) is 0 Å². The first-order chi connectivity index (χ1) is 20.1. The number of ether oxygens (including phenoxy) is 1. The Morgan fingerprint density at radius 1 is 0.698 bits per heavy atom. The highest BCUT2D eigenvalue weighted by atomic mass is 19.4. The van der Waals surface area contributed by atoms with Gasteiger partial charge in [-0.3, -0.25) is 14.6 Å². The van der Waals surface area contributed by atoms with Crippen LogP contribution in [0.1, 0.15) is 45.5 Å². The first-order valence-electron chi connectivity index (χ1n) is 13.9. The lowest BCUT2D eigenvalue weighted by molar-refractivity contribution is -0.143. The number of likely N-dealkylation sites (tertiary alicyclic amines) is 1. The van der Waals surface area contributed by atoms with E-state index in [0.717, 1.165) is 38.1 Å². The predicted octanol–water partition coefficient (Wildman–Crippen LogP) is 5.98. The average Bonchev–Trinajstić information content (AvgIpc) is 3.27. The first-order valence-corrected chi connectivity index (χ1v) is 13.9. The fraction of sp³-hybridized carbons (Fsp3) is 0.552. The Labute approximate surface area is 242 Å². The summed E-state index contributed by atoms with van der Waals surface area (Å²) in [5.74, 6) is -1.00. The van der Waals surface area contributed by atoms with Crippen LogP contribution >= 0.6 is 0 Å². The lowest BCUT2D eigenvalue weighted by atomic mass is 9.98. The topological polar surface area (TPSA) is 36.0 Å². The van der Waals surface area contributed by atoms with Crippen LogP contribution in [-0.4, -0.2) is 84.7 Å². The van der Waals surface area contributed by atoms with Gasteiger partial charge in [0.1, 0.15) is 0 Å². The van der Waals surface area contributed by atoms with E-state index in [1.807, 2.05) is 0 Å². The third kappa shape index (κ3) is 7.63. The third-order valence-electron chi connectivity index (χ3n) is 8.27. The van der Waals surface area contributed by atoms with E-state index in [4.69, 9.17) is 4.74 Å². The molecule has 0 spiro atoms. The second-order valence-electron chi connectivity index (χ2n) is 11.4. The maximum absolute atomic E-state index is 13.5. The van der Waals surface area contributed by atoms with E-state index < -0.39 is 52.7 Å². The largest absolute Gasteiger partial charge is 0.416 e. The number of morpholine rings is 1. The smallest absolute Gasteiger partial charge is 0.372 e. The number of rotatable bonds is 6. The molecule has 236 valence electrons. The van der Waals surface area contributed by atoms with Gasteiger partial charge in [0.05, 0.1) is 28.9 Å². The van der Waals surface area contributed by atoms with Gasteiger partial charge in [-0.1, -0.05) is 12.1 Å². The fourth-order valence-corrected chi connectivity index (χ4v) is 6.08. The van der Waals surface area contributed by atoms with Gasteiger partial charge in [-0.2, -0.15) is 39.5 Å². The van der Waals surface area contributed by atoms with E-state index in [9.17, 15) is 44.3 Å². The highest BCUT2D eigenvalue weighted by molar-refractivity contribution is 5.95. The van der Waals surface area contributed by atoms with E-state index in [1.165, 1.54) is 17.0 Å². The number of fused-ring (bicyclic) bond motifs is 2. The molecular weight excluding hydrogens is 593 g/mol. The van der Waals surface area contributed by atoms with Crippen molar-refractivity contribution in [2.75, 3.05) is 45.8 Å². The minimum atomic E-state index is -5.12. The molecule has 3 aliphatic rings. The van der Waals surface area contributed by atoms with Gasteiger partial charge >= 0.3 is 18.5 Å². The van der Waals surface area contributed by atoms with Gasteiger partial charge in [0, 0.05) is 57.4 Å². The number of benzene rings is 2. The number of halogens is 9. The Kier molecular flexibility index (Phi) is 8.76. The van der Waals surface area contributed by atoms with E-state index in [1.54, 1.807) is 0 Å². The number of hydrogen-bond donors (Lipinski definition) is 0. The standard InChI is InChI=1S/C29H30F9N3O2/c30-27(31,32)20-3-1-18(2-4-20)11-23-15-39(7-8-40-16-24-5-6-25(17-40)43-24)9-10-41(23)26(42)19-12-21(28(33,34)35)14-22(13-19)29(36,37)38/h1-4,12-14,23-25H,5-11,15-17H2. The molecule has 0 aliphatic carbocycles. The van der Waals surface area contributed by atoms with Crippen LogP contribution in [-0.2, 0) is 29.7 Å². The second kappa shape index (κ2) is 11.9. The van der Waals surface area contributed by atoms with Crippen LogP contribution in [0.4, 0.5) is 39.5 Å². The molecule has 3 heterocycles. The second-order valence-corrected chi connectivity index (χ2v) is 11.4. The summed E-state index contributed by atoms with van der Waals surface area (Å²) < 4.78 is 126. The van der Waals surface area contributed by atoms with Crippen LogP contribution in [0.3, 0.4) is 0 Å². The molecule has 0 radical (unpaired) electrons. The highest BCUT2D eigenvalue weighted by Crippen LogP contribution is 2.37. The summed E-state index contributed by atoms with van der Waals surface area (Å²) in [6, 6.07) is 4.40. The molecule has 2 aromatic rings. The van der Waals surface area contributed by atoms with Crippen molar-refractivity contribution in [3.63, 3.8) is 0 Å². The molecule has 14 heteroatoms. The third-order valence-corrected chi connectivity index (χ3v) is 8.27. The molecule has 43 heavy (non-hydrogen) atoms. The molecule has 2 aromatic carbocycles. The van der Waals surface area contributed by atoms with Crippen molar-refractivity contribution in [2.24, 2.45) is 0 Å². The Balaban J connectivity index is 1.37. The van der Waals surface area contributed by atoms with Gasteiger partial charge in [0.2, 0.25) is 0 Å². The fourth-order valence-electron chi connectivity index (χ4n) is 6.08. The van der Waals surface area contributed by atoms with Crippen molar-refractivity contribution in [1.29, 1.82) is 0 Å². The van der Waals surface area contributed by atoms with E-state index >= 15 is 0 Å². The van der Waals surface area contributed by atoms with Crippen molar-refractivity contribution >= 4 is 5.91 Å². The van der Waals surface area contributed by atoms with Crippen molar-refractivity contribution in [3.05, 3.63) is 70.3 Å². The molecule has 0 N–H and O–H groups in total. The molecule has 5 nitrogen and oxygen atoms in total. The van der Waals surface area contributed by atoms with Crippen LogP contribution in [0, 0.1) is 0 Å². The van der Waals surface area contributed by atoms with Crippen LogP contribution in [0.25, 0.3) is 0 Å². The van der Waals surface area contributed by atoms with Crippen LogP contribution < -0.4 is 0 Å². The predicted molar refractivity (Wildman–Crippen MR) is 137 cm³/mol. The molecule has 3 fully saturated rings. The zero-order chi connectivity index (χ0) is 31.2. The summed E-state index contributed by atoms with van der Waals surface area (Å²) in [5, 5.41) is 0. The monoisotopic (exact) mass is 623 g/mol. The molecule has 3 unspecified atom stereocenters. The summed E-state index contributed by atoms with van der Waals surface area (Å²) in [6.45, 7) is 3.50. The van der Waals surface area contributed by atoms with Crippen LogP contribution in [0.5, 0.6) is 0 Å². The number of hydrogen-bond acceptors (Lipinski definition) is 4. The summed E-state index contributed by atoms with van der Waals surface area (Å²) in [6.07, 6.45) is -12.3. The quantitative estimate of drug-likeness (QED) is 0.372. The average molecular weight is 624 g/mol. The minimum Gasteiger partial charge on any atom is -0.372 e. The minimum absolute atomic E-state index is 0.0239. The molecular formula is C29H30F9N3O2. The lowest BCUT2D eigenvalue weighted by Crippen LogP contribution is -2.57. The van der Waals surface area contributed by atoms with Gasteiger partial charge in [-0.15, -0.1) is 0 Å². The van der Waals surface area contributed by atoms with Gasteiger partial charge in [0.15, 0.2) is 0 Å². The Bertz CT molecular complexity index is 1250. The number of nitrogens with zero attached hydrogens (tertiary/aromatic N) is 3. The Hall–Kier alpha value is -2.84. The molecule has 5 rings (SSSR count). The summed E-state index contributed by atoms with van der Waals surface area (Å²) >= 11 is 0. The normalized spacial score (nSPS) is 24.0. The number of alkyl halides is 9. The summed E-state index contributed by atoms with van der Waals surface area (Å²) in [5.41, 5.74) is -4.36. The molecule has 2 bridgehead atoms. The van der Waals surface area contributed by atoms with Crippen molar-refractivity contribution < 1.29 is 49.0 Å². The maximum Gasteiger partial charge on any atom is 0.416 e. The molecule has 3 atom stereocenters. The number of carbonyl (C=O) groups is 1. The number of carbonyl (C=O) groups excluding carboxylic acids is 1. The molecule has 0 saturated carbocycles. The SMILES string of the molecule is O=C(c1cc(C(F)(F)F)cc(C(F)(F)F)c1)N1CCN(CCN2CC3CCC(C2)O3)CC1Cc1ccc(C(F)(F)F)cc1. The summed E-state index contributed by atoms with van der Waals surface area (Å²) in [4.78, 5) is 19.1. The molecule has 3 saturated heterocycles. The van der Waals surface area contributed by atoms with E-state index in [-0.39, 0.29) is 37.8 Å².